The second kappa shape index (κ2) is 3.19. The molecule has 0 aromatic heterocycles. The summed E-state index contributed by atoms with van der Waals surface area (Å²) in [5.41, 5.74) is 5.92. The number of hydrogen-bond donors (Lipinski definition) is 2. The summed E-state index contributed by atoms with van der Waals surface area (Å²) in [4.78, 5) is 0. The van der Waals surface area contributed by atoms with E-state index in [2.05, 4.69) is 15.9 Å². The first-order valence-electron chi connectivity index (χ1n) is 2.99. The number of halogens is 2. The van der Waals surface area contributed by atoms with E-state index >= 15 is 0 Å². The van der Waals surface area contributed by atoms with Crippen LogP contribution in [0.3, 0.4) is 0 Å². The van der Waals surface area contributed by atoms with Crippen LogP contribution in [-0.4, -0.2) is 5.11 Å². The average molecular weight is 220 g/mol. The molecule has 0 atom stereocenters. The molecule has 0 unspecified atom stereocenters. The summed E-state index contributed by atoms with van der Waals surface area (Å²) in [6, 6.07) is 2.89. The zero-order valence-corrected chi connectivity index (χ0v) is 7.23. The van der Waals surface area contributed by atoms with Gasteiger partial charge in [-0.1, -0.05) is 0 Å². The van der Waals surface area contributed by atoms with E-state index in [1.54, 1.807) is 0 Å². The van der Waals surface area contributed by atoms with Crippen molar-refractivity contribution < 1.29 is 9.50 Å². The fourth-order valence-corrected chi connectivity index (χ4v) is 1.28. The number of nitrogen functional groups attached to an aromatic ring is 1. The summed E-state index contributed by atoms with van der Waals surface area (Å²) in [6.07, 6.45) is 0. The summed E-state index contributed by atoms with van der Waals surface area (Å²) < 4.78 is 13.1. The predicted octanol–water partition coefficient (Wildman–Crippen LogP) is 1.66. The number of aliphatic hydroxyl groups is 1. The molecule has 0 radical (unpaired) electrons. The molecule has 3 N–H and O–H groups in total. The van der Waals surface area contributed by atoms with Crippen molar-refractivity contribution >= 4 is 21.6 Å². The van der Waals surface area contributed by atoms with Gasteiger partial charge in [-0.2, -0.15) is 0 Å². The van der Waals surface area contributed by atoms with Crippen LogP contribution in [0.1, 0.15) is 5.56 Å². The fraction of sp³-hybridized carbons (Fsp3) is 0.143. The van der Waals surface area contributed by atoms with Gasteiger partial charge in [0.15, 0.2) is 5.82 Å². The summed E-state index contributed by atoms with van der Waals surface area (Å²) >= 11 is 2.97. The molecule has 0 aliphatic carbocycles. The molecule has 0 spiro atoms. The van der Waals surface area contributed by atoms with Crippen molar-refractivity contribution in [3.8, 4) is 0 Å². The Hall–Kier alpha value is -0.610. The Labute approximate surface area is 72.0 Å². The van der Waals surface area contributed by atoms with Crippen LogP contribution in [0.2, 0.25) is 0 Å². The highest BCUT2D eigenvalue weighted by Crippen LogP contribution is 2.22. The molecule has 0 saturated carbocycles. The van der Waals surface area contributed by atoms with Crippen molar-refractivity contribution in [2.45, 2.75) is 6.61 Å². The van der Waals surface area contributed by atoms with Gasteiger partial charge in [-0.3, -0.25) is 0 Å². The summed E-state index contributed by atoms with van der Waals surface area (Å²) in [5.74, 6) is -0.484. The van der Waals surface area contributed by atoms with Gasteiger partial charge >= 0.3 is 0 Å². The van der Waals surface area contributed by atoms with E-state index in [4.69, 9.17) is 10.8 Å². The van der Waals surface area contributed by atoms with E-state index in [1.807, 2.05) is 0 Å². The Morgan fingerprint density at radius 2 is 2.18 bits per heavy atom. The second-order valence-electron chi connectivity index (χ2n) is 2.14. The van der Waals surface area contributed by atoms with Gasteiger partial charge in [0.25, 0.3) is 0 Å². The van der Waals surface area contributed by atoms with E-state index in [1.165, 1.54) is 12.1 Å². The SMILES string of the molecule is Nc1cc(CO)cc(Br)c1F. The first-order chi connectivity index (χ1) is 5.15. The minimum Gasteiger partial charge on any atom is -0.396 e. The van der Waals surface area contributed by atoms with Crippen molar-refractivity contribution in [3.63, 3.8) is 0 Å². The molecule has 1 aromatic carbocycles. The summed E-state index contributed by atoms with van der Waals surface area (Å²) in [6.45, 7) is -0.136. The number of anilines is 1. The third kappa shape index (κ3) is 1.70. The van der Waals surface area contributed by atoms with Gasteiger partial charge < -0.3 is 10.8 Å². The van der Waals surface area contributed by atoms with Gasteiger partial charge in [0.05, 0.1) is 16.8 Å². The normalized spacial score (nSPS) is 10.1. The number of nitrogens with two attached hydrogens (primary N) is 1. The number of aliphatic hydroxyl groups excluding tert-OH is 1. The Balaban J connectivity index is 3.21. The molecular weight excluding hydrogens is 213 g/mol. The molecule has 4 heteroatoms. The lowest BCUT2D eigenvalue weighted by molar-refractivity contribution is 0.281. The lowest BCUT2D eigenvalue weighted by Crippen LogP contribution is -1.94. The molecule has 11 heavy (non-hydrogen) atoms. The van der Waals surface area contributed by atoms with Crippen molar-refractivity contribution in [2.75, 3.05) is 5.73 Å². The molecule has 60 valence electrons. The number of rotatable bonds is 1. The molecule has 0 heterocycles. The highest BCUT2D eigenvalue weighted by Gasteiger charge is 2.04. The van der Waals surface area contributed by atoms with E-state index in [0.717, 1.165) is 0 Å². The number of hydrogen-bond acceptors (Lipinski definition) is 2. The smallest absolute Gasteiger partial charge is 0.160 e. The zero-order valence-electron chi connectivity index (χ0n) is 5.64. The Morgan fingerprint density at radius 1 is 1.55 bits per heavy atom. The fourth-order valence-electron chi connectivity index (χ4n) is 0.760. The maximum absolute atomic E-state index is 12.8. The highest BCUT2D eigenvalue weighted by atomic mass is 79.9. The van der Waals surface area contributed by atoms with Gasteiger partial charge in [0.1, 0.15) is 0 Å². The molecule has 0 bridgehead atoms. The monoisotopic (exact) mass is 219 g/mol. The molecule has 1 aromatic rings. The summed E-state index contributed by atoms with van der Waals surface area (Å²) in [7, 11) is 0. The molecule has 0 amide bonds. The van der Waals surface area contributed by atoms with Crippen LogP contribution in [0.5, 0.6) is 0 Å². The van der Waals surface area contributed by atoms with Gasteiger partial charge in [-0.25, -0.2) is 4.39 Å². The van der Waals surface area contributed by atoms with Crippen molar-refractivity contribution in [2.24, 2.45) is 0 Å². The lowest BCUT2D eigenvalue weighted by Gasteiger charge is -2.01. The first-order valence-corrected chi connectivity index (χ1v) is 3.78. The minimum atomic E-state index is -0.484. The molecule has 0 saturated heterocycles. The lowest BCUT2D eigenvalue weighted by atomic mass is 10.2. The van der Waals surface area contributed by atoms with Gasteiger partial charge in [-0.05, 0) is 33.6 Å². The maximum Gasteiger partial charge on any atom is 0.160 e. The van der Waals surface area contributed by atoms with Crippen LogP contribution in [-0.2, 0) is 6.61 Å². The van der Waals surface area contributed by atoms with E-state index < -0.39 is 5.82 Å². The standard InChI is InChI=1S/C7H7BrFNO/c8-5-1-4(3-11)2-6(10)7(5)9/h1-2,11H,3,10H2. The highest BCUT2D eigenvalue weighted by molar-refractivity contribution is 9.10. The van der Waals surface area contributed by atoms with Gasteiger partial charge in [-0.15, -0.1) is 0 Å². The third-order valence-corrected chi connectivity index (χ3v) is 1.88. The van der Waals surface area contributed by atoms with Crippen LogP contribution < -0.4 is 5.73 Å². The third-order valence-electron chi connectivity index (χ3n) is 1.30. The van der Waals surface area contributed by atoms with E-state index in [0.29, 0.717) is 5.56 Å². The molecule has 0 fully saturated rings. The molecular formula is C7H7BrFNO. The Bertz CT molecular complexity index is 254. The molecule has 1 rings (SSSR count). The molecule has 0 aliphatic rings. The van der Waals surface area contributed by atoms with E-state index in [9.17, 15) is 4.39 Å². The Morgan fingerprint density at radius 3 is 2.64 bits per heavy atom. The quantitative estimate of drug-likeness (QED) is 0.707. The predicted molar refractivity (Wildman–Crippen MR) is 44.4 cm³/mol. The Kier molecular flexibility index (Phi) is 2.46. The van der Waals surface area contributed by atoms with Gasteiger partial charge in [0.2, 0.25) is 0 Å². The van der Waals surface area contributed by atoms with Crippen LogP contribution in [0.4, 0.5) is 10.1 Å². The first kappa shape index (κ1) is 8.49. The van der Waals surface area contributed by atoms with Crippen LogP contribution in [0.25, 0.3) is 0 Å². The van der Waals surface area contributed by atoms with Crippen LogP contribution in [0.15, 0.2) is 16.6 Å². The largest absolute Gasteiger partial charge is 0.396 e. The molecule has 0 aliphatic heterocycles. The minimum absolute atomic E-state index is 0.0448. The van der Waals surface area contributed by atoms with Crippen molar-refractivity contribution in [1.29, 1.82) is 0 Å². The van der Waals surface area contributed by atoms with Crippen LogP contribution in [0, 0.1) is 5.82 Å². The second-order valence-corrected chi connectivity index (χ2v) is 2.99. The zero-order chi connectivity index (χ0) is 8.43. The van der Waals surface area contributed by atoms with Crippen molar-refractivity contribution in [1.82, 2.24) is 0 Å². The maximum atomic E-state index is 12.8. The van der Waals surface area contributed by atoms with Crippen LogP contribution >= 0.6 is 15.9 Å². The summed E-state index contributed by atoms with van der Waals surface area (Å²) in [5, 5.41) is 8.68. The number of benzene rings is 1. The molecule has 2 nitrogen and oxygen atoms in total. The average Bonchev–Trinajstić information content (AvgIpc) is 1.99. The van der Waals surface area contributed by atoms with E-state index in [-0.39, 0.29) is 16.8 Å². The van der Waals surface area contributed by atoms with Crippen molar-refractivity contribution in [3.05, 3.63) is 28.0 Å². The van der Waals surface area contributed by atoms with Gasteiger partial charge in [0, 0.05) is 0 Å². The topological polar surface area (TPSA) is 46.2 Å².